The van der Waals surface area contributed by atoms with Crippen molar-refractivity contribution in [3.63, 3.8) is 0 Å². The predicted molar refractivity (Wildman–Crippen MR) is 115 cm³/mol. The molecule has 1 aliphatic rings. The van der Waals surface area contributed by atoms with Gasteiger partial charge >= 0.3 is 0 Å². The van der Waals surface area contributed by atoms with Crippen molar-refractivity contribution in [3.8, 4) is 0 Å². The highest BCUT2D eigenvalue weighted by Gasteiger charge is 2.25. The number of hydrogen-bond acceptors (Lipinski definition) is 5. The molecule has 7 heteroatoms. The first-order chi connectivity index (χ1) is 14.0. The van der Waals surface area contributed by atoms with Crippen LogP contribution in [-0.4, -0.2) is 34.0 Å². The number of nitrogens with zero attached hydrogens (tertiary/aromatic N) is 3. The van der Waals surface area contributed by atoms with Crippen LogP contribution in [-0.2, 0) is 17.8 Å². The van der Waals surface area contributed by atoms with Crippen LogP contribution in [0.4, 0.5) is 5.69 Å². The molecular weight excluding hydrogens is 386 g/mol. The van der Waals surface area contributed by atoms with Crippen molar-refractivity contribution in [2.75, 3.05) is 17.7 Å². The molecule has 0 spiro atoms. The van der Waals surface area contributed by atoms with Crippen LogP contribution >= 0.6 is 11.8 Å². The Labute approximate surface area is 171 Å². The van der Waals surface area contributed by atoms with E-state index in [0.717, 1.165) is 11.3 Å². The van der Waals surface area contributed by atoms with Gasteiger partial charge in [0.25, 0.3) is 5.56 Å². The fourth-order valence-electron chi connectivity index (χ4n) is 3.40. The molecule has 4 rings (SSSR count). The van der Waals surface area contributed by atoms with E-state index in [-0.39, 0.29) is 23.0 Å². The van der Waals surface area contributed by atoms with Gasteiger partial charge in [0.15, 0.2) is 10.9 Å². The molecule has 0 N–H and O–H groups in total. The van der Waals surface area contributed by atoms with Crippen molar-refractivity contribution in [2.24, 2.45) is 0 Å². The van der Waals surface area contributed by atoms with Crippen molar-refractivity contribution in [3.05, 3.63) is 76.6 Å². The fourth-order valence-corrected chi connectivity index (χ4v) is 4.31. The zero-order valence-corrected chi connectivity index (χ0v) is 16.7. The molecule has 0 saturated heterocycles. The molecule has 3 aromatic rings. The molecule has 6 nitrogen and oxygen atoms in total. The van der Waals surface area contributed by atoms with E-state index < -0.39 is 0 Å². The molecule has 1 aliphatic heterocycles. The number of allylic oxidation sites excluding steroid dienone is 1. The molecule has 29 heavy (non-hydrogen) atoms. The lowest BCUT2D eigenvalue weighted by atomic mass is 10.1. The SMILES string of the molecule is C=CCn1c(SCC(=O)c2ccc3c(c2)CC(=O)N3C)nc2ccccc2c1=O. The van der Waals surface area contributed by atoms with Gasteiger partial charge in [-0.15, -0.1) is 6.58 Å². The van der Waals surface area contributed by atoms with Gasteiger partial charge in [-0.2, -0.15) is 0 Å². The number of anilines is 1. The number of rotatable bonds is 6. The molecular formula is C22H19N3O3S. The predicted octanol–water partition coefficient (Wildman–Crippen LogP) is 3.08. The van der Waals surface area contributed by atoms with Gasteiger partial charge in [0.05, 0.1) is 23.1 Å². The van der Waals surface area contributed by atoms with E-state index in [1.54, 1.807) is 54.4 Å². The molecule has 0 atom stereocenters. The van der Waals surface area contributed by atoms with E-state index in [9.17, 15) is 14.4 Å². The number of fused-ring (bicyclic) bond motifs is 2. The van der Waals surface area contributed by atoms with Crippen LogP contribution in [0.2, 0.25) is 0 Å². The Morgan fingerprint density at radius 2 is 2.03 bits per heavy atom. The molecule has 0 fully saturated rings. The molecule has 2 heterocycles. The zero-order valence-electron chi connectivity index (χ0n) is 15.9. The first kappa shape index (κ1) is 19.1. The minimum atomic E-state index is -0.149. The van der Waals surface area contributed by atoms with E-state index in [0.29, 0.717) is 34.6 Å². The molecule has 0 aliphatic carbocycles. The Hall–Kier alpha value is -3.19. The van der Waals surface area contributed by atoms with Crippen molar-refractivity contribution < 1.29 is 9.59 Å². The topological polar surface area (TPSA) is 72.3 Å². The van der Waals surface area contributed by atoms with Gasteiger partial charge in [-0.25, -0.2) is 4.98 Å². The summed E-state index contributed by atoms with van der Waals surface area (Å²) < 4.78 is 1.53. The molecule has 0 unspecified atom stereocenters. The van der Waals surface area contributed by atoms with Crippen LogP contribution in [0, 0.1) is 0 Å². The summed E-state index contributed by atoms with van der Waals surface area (Å²) in [4.78, 5) is 43.6. The van der Waals surface area contributed by atoms with Gasteiger partial charge in [0, 0.05) is 24.8 Å². The summed E-state index contributed by atoms with van der Waals surface area (Å²) in [5.41, 5.74) is 2.71. The third kappa shape index (κ3) is 3.49. The van der Waals surface area contributed by atoms with Crippen LogP contribution in [0.5, 0.6) is 0 Å². The van der Waals surface area contributed by atoms with E-state index in [4.69, 9.17) is 0 Å². The summed E-state index contributed by atoms with van der Waals surface area (Å²) in [6.45, 7) is 4.03. The number of benzene rings is 2. The number of ketones is 1. The highest BCUT2D eigenvalue weighted by molar-refractivity contribution is 7.99. The van der Waals surface area contributed by atoms with Gasteiger partial charge < -0.3 is 4.90 Å². The van der Waals surface area contributed by atoms with Crippen LogP contribution in [0.15, 0.2) is 65.1 Å². The Morgan fingerprint density at radius 1 is 1.24 bits per heavy atom. The summed E-state index contributed by atoms with van der Waals surface area (Å²) in [6, 6.07) is 12.5. The summed E-state index contributed by atoms with van der Waals surface area (Å²) in [5, 5.41) is 1.02. The Balaban J connectivity index is 1.60. The number of carbonyl (C=O) groups is 2. The molecule has 1 aromatic heterocycles. The Morgan fingerprint density at radius 3 is 2.83 bits per heavy atom. The van der Waals surface area contributed by atoms with Gasteiger partial charge in [0.1, 0.15) is 0 Å². The lowest BCUT2D eigenvalue weighted by Crippen LogP contribution is -2.23. The normalized spacial score (nSPS) is 13.0. The third-order valence-electron chi connectivity index (χ3n) is 4.95. The highest BCUT2D eigenvalue weighted by atomic mass is 32.2. The number of amides is 1. The number of thioether (sulfide) groups is 1. The maximum absolute atomic E-state index is 12.8. The summed E-state index contributed by atoms with van der Waals surface area (Å²) in [7, 11) is 1.73. The average Bonchev–Trinajstić information content (AvgIpc) is 3.01. The molecule has 0 radical (unpaired) electrons. The number of Topliss-reactive ketones (excluding diaryl/α,β-unsaturated/α-hetero) is 1. The average molecular weight is 405 g/mol. The molecule has 146 valence electrons. The van der Waals surface area contributed by atoms with Gasteiger partial charge in [0.2, 0.25) is 5.91 Å². The van der Waals surface area contributed by atoms with Crippen LogP contribution in [0.3, 0.4) is 0 Å². The van der Waals surface area contributed by atoms with Crippen molar-refractivity contribution in [1.82, 2.24) is 9.55 Å². The summed E-state index contributed by atoms with van der Waals surface area (Å²) >= 11 is 1.23. The smallest absolute Gasteiger partial charge is 0.262 e. The maximum Gasteiger partial charge on any atom is 0.262 e. The quantitative estimate of drug-likeness (QED) is 0.273. The molecule has 2 aromatic carbocycles. The second-order valence-corrected chi connectivity index (χ2v) is 7.74. The second kappa shape index (κ2) is 7.67. The van der Waals surface area contributed by atoms with Crippen LogP contribution in [0.25, 0.3) is 10.9 Å². The van der Waals surface area contributed by atoms with Gasteiger partial charge in [-0.05, 0) is 35.9 Å². The molecule has 1 amide bonds. The van der Waals surface area contributed by atoms with E-state index in [2.05, 4.69) is 11.6 Å². The highest BCUT2D eigenvalue weighted by Crippen LogP contribution is 2.29. The first-order valence-corrected chi connectivity index (χ1v) is 10.1. The Kier molecular flexibility index (Phi) is 5.07. The van der Waals surface area contributed by atoms with E-state index >= 15 is 0 Å². The van der Waals surface area contributed by atoms with Crippen molar-refractivity contribution in [1.29, 1.82) is 0 Å². The summed E-state index contributed by atoms with van der Waals surface area (Å²) in [5.74, 6) is 0.0879. The number of para-hydroxylation sites is 1. The number of hydrogen-bond donors (Lipinski definition) is 0. The maximum atomic E-state index is 12.8. The van der Waals surface area contributed by atoms with Crippen LogP contribution < -0.4 is 10.5 Å². The van der Waals surface area contributed by atoms with E-state index in [1.165, 1.54) is 16.3 Å². The van der Waals surface area contributed by atoms with Gasteiger partial charge in [-0.3, -0.25) is 19.0 Å². The summed E-state index contributed by atoms with van der Waals surface area (Å²) in [6.07, 6.45) is 1.95. The van der Waals surface area contributed by atoms with Crippen molar-refractivity contribution >= 4 is 40.0 Å². The zero-order chi connectivity index (χ0) is 20.5. The minimum absolute atomic E-state index is 0.0211. The molecule has 0 bridgehead atoms. The monoisotopic (exact) mass is 405 g/mol. The second-order valence-electron chi connectivity index (χ2n) is 6.80. The fraction of sp³-hybridized carbons (Fsp3) is 0.182. The standard InChI is InChI=1S/C22H19N3O3S/c1-3-10-25-21(28)16-6-4-5-7-17(16)23-22(25)29-13-19(26)14-8-9-18-15(11-14)12-20(27)24(18)2/h3-9,11H,1,10,12-13H2,2H3. The lowest BCUT2D eigenvalue weighted by molar-refractivity contribution is -0.117. The lowest BCUT2D eigenvalue weighted by Gasteiger charge is -2.12. The minimum Gasteiger partial charge on any atom is -0.315 e. The van der Waals surface area contributed by atoms with Crippen molar-refractivity contribution in [2.45, 2.75) is 18.1 Å². The van der Waals surface area contributed by atoms with Gasteiger partial charge in [-0.1, -0.05) is 30.0 Å². The molecule has 0 saturated carbocycles. The largest absolute Gasteiger partial charge is 0.315 e. The Bertz CT molecular complexity index is 1220. The van der Waals surface area contributed by atoms with E-state index in [1.807, 2.05) is 6.07 Å². The number of aromatic nitrogens is 2. The third-order valence-corrected chi connectivity index (χ3v) is 5.93. The number of likely N-dealkylation sites (N-methyl/N-ethyl adjacent to an activating group) is 1. The first-order valence-electron chi connectivity index (χ1n) is 9.15. The number of carbonyl (C=O) groups excluding carboxylic acids is 2. The van der Waals surface area contributed by atoms with Crippen LogP contribution in [0.1, 0.15) is 15.9 Å².